The number of piperidine rings is 1. The van der Waals surface area contributed by atoms with Crippen LogP contribution in [-0.4, -0.2) is 52.0 Å². The van der Waals surface area contributed by atoms with Crippen LogP contribution < -0.4 is 10.2 Å². The zero-order valence-corrected chi connectivity index (χ0v) is 17.0. The molecule has 0 saturated carbocycles. The van der Waals surface area contributed by atoms with Crippen LogP contribution in [0.3, 0.4) is 0 Å². The molecule has 2 aliphatic rings. The minimum atomic E-state index is 0.215. The van der Waals surface area contributed by atoms with Crippen molar-refractivity contribution in [2.75, 3.05) is 29.9 Å². The van der Waals surface area contributed by atoms with Gasteiger partial charge < -0.3 is 19.5 Å². The highest BCUT2D eigenvalue weighted by Crippen LogP contribution is 2.28. The number of ether oxygens (including phenoxy) is 1. The Kier molecular flexibility index (Phi) is 5.75. The van der Waals surface area contributed by atoms with Crippen molar-refractivity contribution in [3.05, 3.63) is 24.0 Å². The van der Waals surface area contributed by atoms with Crippen molar-refractivity contribution < 1.29 is 9.26 Å². The number of aryl methyl sites for hydroxylation is 1. The van der Waals surface area contributed by atoms with Crippen LogP contribution >= 0.6 is 0 Å². The van der Waals surface area contributed by atoms with E-state index in [1.807, 2.05) is 19.2 Å². The van der Waals surface area contributed by atoms with E-state index in [1.165, 1.54) is 0 Å². The Bertz CT molecular complexity index is 780. The van der Waals surface area contributed by atoms with Gasteiger partial charge in [-0.3, -0.25) is 0 Å². The van der Waals surface area contributed by atoms with Gasteiger partial charge in [0.1, 0.15) is 5.82 Å². The molecular formula is C20H30N6O2. The molecule has 0 unspecified atom stereocenters. The molecule has 0 radical (unpaired) electrons. The van der Waals surface area contributed by atoms with Crippen LogP contribution in [-0.2, 0) is 4.74 Å². The number of anilines is 2. The SMILES string of the molecule is Cc1noc([C@@H]2CCCN(c3nccc(N[C@H]4CCCO[C@H]4C(C)C)n3)C2)n1. The molecule has 8 heteroatoms. The molecule has 2 aromatic rings. The maximum atomic E-state index is 6.00. The van der Waals surface area contributed by atoms with E-state index in [1.54, 1.807) is 0 Å². The third-order valence-corrected chi connectivity index (χ3v) is 5.60. The fourth-order valence-electron chi connectivity index (χ4n) is 4.22. The third kappa shape index (κ3) is 4.27. The molecule has 2 fully saturated rings. The summed E-state index contributed by atoms with van der Waals surface area (Å²) in [6.45, 7) is 8.86. The number of hydrogen-bond acceptors (Lipinski definition) is 8. The molecule has 4 rings (SSSR count). The zero-order chi connectivity index (χ0) is 19.5. The molecule has 0 aromatic carbocycles. The van der Waals surface area contributed by atoms with Gasteiger partial charge >= 0.3 is 0 Å². The smallest absolute Gasteiger partial charge is 0.231 e. The number of rotatable bonds is 5. The van der Waals surface area contributed by atoms with E-state index in [-0.39, 0.29) is 18.1 Å². The van der Waals surface area contributed by atoms with Crippen molar-refractivity contribution in [1.82, 2.24) is 20.1 Å². The van der Waals surface area contributed by atoms with Gasteiger partial charge in [0.25, 0.3) is 0 Å². The molecule has 8 nitrogen and oxygen atoms in total. The second-order valence-corrected chi connectivity index (χ2v) is 8.18. The van der Waals surface area contributed by atoms with Gasteiger partial charge in [0.05, 0.1) is 18.1 Å². The average Bonchev–Trinajstić information content (AvgIpc) is 3.15. The van der Waals surface area contributed by atoms with E-state index in [0.29, 0.717) is 11.7 Å². The molecule has 2 saturated heterocycles. The van der Waals surface area contributed by atoms with Gasteiger partial charge in [0.2, 0.25) is 11.8 Å². The van der Waals surface area contributed by atoms with Crippen molar-refractivity contribution in [1.29, 1.82) is 0 Å². The number of aromatic nitrogens is 4. The summed E-state index contributed by atoms with van der Waals surface area (Å²) in [5.74, 6) is 3.72. The molecule has 1 N–H and O–H groups in total. The Morgan fingerprint density at radius 3 is 2.89 bits per heavy atom. The minimum absolute atomic E-state index is 0.215. The summed E-state index contributed by atoms with van der Waals surface area (Å²) in [5.41, 5.74) is 0. The molecule has 0 aliphatic carbocycles. The average molecular weight is 387 g/mol. The molecule has 0 bridgehead atoms. The second kappa shape index (κ2) is 8.43. The van der Waals surface area contributed by atoms with Crippen LogP contribution in [0.15, 0.2) is 16.8 Å². The van der Waals surface area contributed by atoms with Crippen LogP contribution in [0.2, 0.25) is 0 Å². The van der Waals surface area contributed by atoms with E-state index < -0.39 is 0 Å². The monoisotopic (exact) mass is 386 g/mol. The number of hydrogen-bond donors (Lipinski definition) is 1. The van der Waals surface area contributed by atoms with E-state index >= 15 is 0 Å². The van der Waals surface area contributed by atoms with Crippen LogP contribution in [0.5, 0.6) is 0 Å². The van der Waals surface area contributed by atoms with Crippen LogP contribution in [0.4, 0.5) is 11.8 Å². The normalized spacial score (nSPS) is 25.9. The largest absolute Gasteiger partial charge is 0.376 e. The number of nitrogens with zero attached hydrogens (tertiary/aromatic N) is 5. The minimum Gasteiger partial charge on any atom is -0.376 e. The van der Waals surface area contributed by atoms with Gasteiger partial charge in [-0.05, 0) is 44.6 Å². The van der Waals surface area contributed by atoms with Crippen molar-refractivity contribution in [3.8, 4) is 0 Å². The first kappa shape index (κ1) is 19.1. The second-order valence-electron chi connectivity index (χ2n) is 8.18. The summed E-state index contributed by atoms with van der Waals surface area (Å²) < 4.78 is 11.4. The standard InChI is InChI=1S/C20H30N6O2/c1-13(2)18-16(7-5-11-27-18)23-17-8-9-21-20(24-17)26-10-4-6-15(12-26)19-22-14(3)25-28-19/h8-9,13,15-16,18H,4-7,10-12H2,1-3H3,(H,21,23,24)/t15-,16+,18+/m1/s1. The fourth-order valence-corrected chi connectivity index (χ4v) is 4.22. The first-order valence-corrected chi connectivity index (χ1v) is 10.4. The highest BCUT2D eigenvalue weighted by Gasteiger charge is 2.30. The van der Waals surface area contributed by atoms with Gasteiger partial charge in [-0.25, -0.2) is 4.98 Å². The van der Waals surface area contributed by atoms with Crippen molar-refractivity contribution in [2.45, 2.75) is 64.5 Å². The molecule has 3 atom stereocenters. The Morgan fingerprint density at radius 1 is 1.21 bits per heavy atom. The van der Waals surface area contributed by atoms with Crippen molar-refractivity contribution in [3.63, 3.8) is 0 Å². The van der Waals surface area contributed by atoms with E-state index in [4.69, 9.17) is 14.2 Å². The molecule has 152 valence electrons. The molecule has 0 amide bonds. The summed E-state index contributed by atoms with van der Waals surface area (Å²) in [5, 5.41) is 7.53. The van der Waals surface area contributed by atoms with Gasteiger partial charge in [-0.2, -0.15) is 9.97 Å². The molecular weight excluding hydrogens is 356 g/mol. The first-order valence-electron chi connectivity index (χ1n) is 10.4. The predicted molar refractivity (Wildman–Crippen MR) is 106 cm³/mol. The van der Waals surface area contributed by atoms with Gasteiger partial charge in [-0.15, -0.1) is 0 Å². The van der Waals surface area contributed by atoms with E-state index in [9.17, 15) is 0 Å². The highest BCUT2D eigenvalue weighted by atomic mass is 16.5. The Labute approximate surface area is 166 Å². The van der Waals surface area contributed by atoms with Gasteiger partial charge in [0, 0.05) is 25.9 Å². The molecule has 2 aliphatic heterocycles. The highest BCUT2D eigenvalue weighted by molar-refractivity contribution is 5.43. The molecule has 0 spiro atoms. The van der Waals surface area contributed by atoms with Crippen LogP contribution in [0.1, 0.15) is 57.2 Å². The summed E-state index contributed by atoms with van der Waals surface area (Å²) in [4.78, 5) is 15.9. The summed E-state index contributed by atoms with van der Waals surface area (Å²) in [7, 11) is 0. The van der Waals surface area contributed by atoms with Gasteiger partial charge in [-0.1, -0.05) is 19.0 Å². The zero-order valence-electron chi connectivity index (χ0n) is 17.0. The summed E-state index contributed by atoms with van der Waals surface area (Å²) >= 11 is 0. The quantitative estimate of drug-likeness (QED) is 0.838. The molecule has 28 heavy (non-hydrogen) atoms. The van der Waals surface area contributed by atoms with E-state index in [0.717, 1.165) is 63.0 Å². The lowest BCUT2D eigenvalue weighted by molar-refractivity contribution is -0.0203. The lowest BCUT2D eigenvalue weighted by Crippen LogP contribution is -2.43. The van der Waals surface area contributed by atoms with Gasteiger partial charge in [0.15, 0.2) is 5.82 Å². The summed E-state index contributed by atoms with van der Waals surface area (Å²) in [6.07, 6.45) is 6.33. The fraction of sp³-hybridized carbons (Fsp3) is 0.700. The topological polar surface area (TPSA) is 89.2 Å². The predicted octanol–water partition coefficient (Wildman–Crippen LogP) is 3.17. The van der Waals surface area contributed by atoms with Crippen molar-refractivity contribution >= 4 is 11.8 Å². The van der Waals surface area contributed by atoms with Crippen molar-refractivity contribution in [2.24, 2.45) is 5.92 Å². The number of nitrogens with one attached hydrogen (secondary N) is 1. The lowest BCUT2D eigenvalue weighted by Gasteiger charge is -2.35. The maximum Gasteiger partial charge on any atom is 0.231 e. The Balaban J connectivity index is 1.45. The lowest BCUT2D eigenvalue weighted by atomic mass is 9.94. The summed E-state index contributed by atoms with van der Waals surface area (Å²) in [6, 6.07) is 2.23. The Hall–Kier alpha value is -2.22. The van der Waals surface area contributed by atoms with E-state index in [2.05, 4.69) is 39.2 Å². The molecule has 2 aromatic heterocycles. The molecule has 4 heterocycles. The van der Waals surface area contributed by atoms with Crippen LogP contribution in [0.25, 0.3) is 0 Å². The first-order chi connectivity index (χ1) is 13.6. The Morgan fingerprint density at radius 2 is 2.11 bits per heavy atom. The third-order valence-electron chi connectivity index (χ3n) is 5.60. The van der Waals surface area contributed by atoms with Crippen LogP contribution in [0, 0.1) is 12.8 Å². The maximum absolute atomic E-state index is 6.00.